The van der Waals surface area contributed by atoms with Crippen molar-refractivity contribution in [2.75, 3.05) is 0 Å². The summed E-state index contributed by atoms with van der Waals surface area (Å²) in [6.45, 7) is -2.87. The molecule has 0 aliphatic carbocycles. The van der Waals surface area contributed by atoms with Gasteiger partial charge >= 0.3 is 0 Å². The lowest BCUT2D eigenvalue weighted by atomic mass is 10.2. The molecule has 0 bridgehead atoms. The average molecular weight is 211 g/mol. The fourth-order valence-electron chi connectivity index (χ4n) is 0.508. The van der Waals surface area contributed by atoms with Crippen molar-refractivity contribution in [2.24, 2.45) is 0 Å². The van der Waals surface area contributed by atoms with E-state index in [-0.39, 0.29) is 12.2 Å². The summed E-state index contributed by atoms with van der Waals surface area (Å²) in [6.07, 6.45) is -5.11. The van der Waals surface area contributed by atoms with Gasteiger partial charge in [0.2, 0.25) is 0 Å². The summed E-state index contributed by atoms with van der Waals surface area (Å²) < 4.78 is 46.9. The largest absolute Gasteiger partial charge is 0.393 e. The molecule has 4 nitrogen and oxygen atoms in total. The number of aliphatic hydroxyl groups excluding tert-OH is 1. The van der Waals surface area contributed by atoms with Crippen molar-refractivity contribution in [1.82, 2.24) is 0 Å². The van der Waals surface area contributed by atoms with Crippen molar-refractivity contribution in [3.63, 3.8) is 0 Å². The third-order valence-electron chi connectivity index (χ3n) is 0.897. The Balaban J connectivity index is 0. The van der Waals surface area contributed by atoms with E-state index in [1.807, 2.05) is 0 Å². The zero-order valence-electron chi connectivity index (χ0n) is 15.2. The van der Waals surface area contributed by atoms with Crippen LogP contribution in [0.1, 0.15) is 50.0 Å². The van der Waals surface area contributed by atoms with Gasteiger partial charge in [-0.15, -0.1) is 0 Å². The quantitative estimate of drug-likeness (QED) is 0.717. The van der Waals surface area contributed by atoms with Gasteiger partial charge in [0.15, 0.2) is 0 Å². The summed E-state index contributed by atoms with van der Waals surface area (Å²) in [5.41, 5.74) is 0. The lowest BCUT2D eigenvalue weighted by Crippen LogP contribution is -2.04. The van der Waals surface area contributed by atoms with Crippen molar-refractivity contribution < 1.29 is 29.4 Å². The average Bonchev–Trinajstić information content (AvgIpc) is 2.11. The van der Waals surface area contributed by atoms with Crippen LogP contribution in [0.5, 0.6) is 0 Å². The minimum Gasteiger partial charge on any atom is -0.393 e. The van der Waals surface area contributed by atoms with Gasteiger partial charge in [0.05, 0.1) is 13.6 Å². The van der Waals surface area contributed by atoms with Gasteiger partial charge < -0.3 is 10.2 Å². The van der Waals surface area contributed by atoms with Crippen LogP contribution in [0.25, 0.3) is 0 Å². The molecule has 0 aromatic rings. The number of rotatable bonds is 4. The Hall–Kier alpha value is -0.740. The van der Waals surface area contributed by atoms with E-state index < -0.39 is 38.1 Å². The van der Waals surface area contributed by atoms with Crippen LogP contribution < -0.4 is 0 Å². The molecule has 2 N–H and O–H groups in total. The number of Topliss-reactive ketones (excluding diaryl/α,β-unsaturated/α-hetero) is 2. The second kappa shape index (κ2) is 8.84. The fraction of sp³-hybridized carbons (Fsp3) is 0.800. The smallest absolute Gasteiger partial charge is 0.132 e. The van der Waals surface area contributed by atoms with E-state index in [1.165, 1.54) is 6.92 Å². The molecule has 0 heterocycles. The van der Waals surface area contributed by atoms with Crippen LogP contribution in [-0.4, -0.2) is 34.0 Å². The van der Waals surface area contributed by atoms with Crippen LogP contribution in [0.2, 0.25) is 0 Å². The molecule has 14 heavy (non-hydrogen) atoms. The van der Waals surface area contributed by atoms with E-state index in [9.17, 15) is 9.59 Å². The number of aliphatic hydroxyl groups is 2. The number of carbonyl (C=O) groups excluding carboxylic acids is 2. The van der Waals surface area contributed by atoms with E-state index >= 15 is 0 Å². The summed E-state index contributed by atoms with van der Waals surface area (Å²) in [5.74, 6) is -0.831. The molecule has 0 aromatic heterocycles. The zero-order chi connectivity index (χ0) is 17.6. The second-order valence-corrected chi connectivity index (χ2v) is 2.75. The van der Waals surface area contributed by atoms with E-state index in [2.05, 4.69) is 0 Å². The molecule has 0 rings (SSSR count). The molecule has 0 saturated carbocycles. The first-order valence-corrected chi connectivity index (χ1v) is 3.90. The minimum absolute atomic E-state index is 0.295. The Morgan fingerprint density at radius 3 is 1.86 bits per heavy atom. The van der Waals surface area contributed by atoms with Crippen LogP contribution in [0, 0.1) is 0 Å². The number of hydrogen-bond donors (Lipinski definition) is 2. The van der Waals surface area contributed by atoms with Gasteiger partial charge in [-0.05, 0) is 27.6 Å². The molecule has 2 atom stereocenters. The molecule has 0 aliphatic heterocycles. The van der Waals surface area contributed by atoms with Gasteiger partial charge in [0, 0.05) is 21.1 Å². The Bertz CT molecular complexity index is 359. The molecule has 0 aromatic carbocycles. The summed E-state index contributed by atoms with van der Waals surface area (Å²) in [6, 6.07) is 0. The van der Waals surface area contributed by atoms with E-state index in [4.69, 9.17) is 19.8 Å². The van der Waals surface area contributed by atoms with Crippen LogP contribution in [-0.2, 0) is 9.59 Å². The van der Waals surface area contributed by atoms with Crippen LogP contribution >= 0.6 is 0 Å². The highest BCUT2D eigenvalue weighted by Gasteiger charge is 1.97. The van der Waals surface area contributed by atoms with E-state index in [0.29, 0.717) is 0 Å². The molecule has 0 saturated heterocycles. The molecule has 84 valence electrons. The predicted molar refractivity (Wildman–Crippen MR) is 54.0 cm³/mol. The third-order valence-corrected chi connectivity index (χ3v) is 0.897. The standard InChI is InChI=1S/2C5H10O2/c2*1-4(6)3-5(2)7/h2*4,6H,3H2,1-2H3/t2*4-/m11/s1/i1D3,4D;1D3. The molecular weight excluding hydrogens is 184 g/mol. The summed E-state index contributed by atoms with van der Waals surface area (Å²) in [5, 5.41) is 17.7. The first kappa shape index (κ1) is 5.98. The molecule has 0 spiro atoms. The van der Waals surface area contributed by atoms with Crippen molar-refractivity contribution in [3.05, 3.63) is 0 Å². The maximum Gasteiger partial charge on any atom is 0.132 e. The molecule has 0 amide bonds. The normalized spacial score (nSPS) is 25.0. The van der Waals surface area contributed by atoms with Crippen molar-refractivity contribution in [2.45, 2.75) is 52.6 Å². The molecule has 4 heteroatoms. The van der Waals surface area contributed by atoms with E-state index in [0.717, 1.165) is 6.92 Å². The molecule has 0 fully saturated rings. The topological polar surface area (TPSA) is 74.6 Å². The monoisotopic (exact) mass is 211 g/mol. The maximum atomic E-state index is 10.4. The number of hydrogen-bond acceptors (Lipinski definition) is 4. The van der Waals surface area contributed by atoms with Gasteiger partial charge in [-0.1, -0.05) is 0 Å². The Morgan fingerprint density at radius 2 is 1.71 bits per heavy atom. The molecule has 0 aliphatic rings. The van der Waals surface area contributed by atoms with E-state index in [1.54, 1.807) is 0 Å². The van der Waals surface area contributed by atoms with Gasteiger partial charge in [0.25, 0.3) is 0 Å². The summed E-state index contributed by atoms with van der Waals surface area (Å²) >= 11 is 0. The van der Waals surface area contributed by atoms with Crippen LogP contribution in [0.4, 0.5) is 0 Å². The Labute approximate surface area is 94.8 Å². The Kier molecular flexibility index (Phi) is 3.77. The molecule has 0 radical (unpaired) electrons. The highest BCUT2D eigenvalue weighted by Crippen LogP contribution is 1.88. The van der Waals surface area contributed by atoms with Crippen molar-refractivity contribution in [3.8, 4) is 0 Å². The molecule has 0 unspecified atom stereocenters. The van der Waals surface area contributed by atoms with Gasteiger partial charge in [0.1, 0.15) is 11.6 Å². The zero-order valence-corrected chi connectivity index (χ0v) is 8.20. The van der Waals surface area contributed by atoms with Crippen LogP contribution in [0.3, 0.4) is 0 Å². The predicted octanol–water partition coefficient (Wildman–Crippen LogP) is 0.693. The highest BCUT2D eigenvalue weighted by molar-refractivity contribution is 5.76. The maximum absolute atomic E-state index is 10.4. The lowest BCUT2D eigenvalue weighted by Gasteiger charge is -1.95. The first-order valence-electron chi connectivity index (χ1n) is 7.40. The molecular formula is C10H20O4. The van der Waals surface area contributed by atoms with Crippen LogP contribution in [0.15, 0.2) is 0 Å². The summed E-state index contributed by atoms with van der Waals surface area (Å²) in [7, 11) is 0. The first-order chi connectivity index (χ1) is 9.00. The highest BCUT2D eigenvalue weighted by atomic mass is 16.3. The van der Waals surface area contributed by atoms with Crippen molar-refractivity contribution in [1.29, 1.82) is 0 Å². The number of ketones is 2. The Morgan fingerprint density at radius 1 is 1.21 bits per heavy atom. The van der Waals surface area contributed by atoms with Gasteiger partial charge in [-0.3, -0.25) is 9.59 Å². The minimum atomic E-state index is -2.82. The van der Waals surface area contributed by atoms with Crippen molar-refractivity contribution >= 4 is 11.6 Å². The fourth-order valence-corrected chi connectivity index (χ4v) is 0.508. The lowest BCUT2D eigenvalue weighted by molar-refractivity contribution is -0.119. The third kappa shape index (κ3) is 22.5. The van der Waals surface area contributed by atoms with Gasteiger partial charge in [-0.25, -0.2) is 0 Å². The second-order valence-electron chi connectivity index (χ2n) is 2.75. The SMILES string of the molecule is [2H]C([2H])([2H])[C@@H](O)CC(C)=O.[2H]C([2H])([2H])[C@@]([2H])(O)CC(C)=O. The van der Waals surface area contributed by atoms with Gasteiger partial charge in [-0.2, -0.15) is 0 Å². The number of carbonyl (C=O) groups is 2. The summed E-state index contributed by atoms with van der Waals surface area (Å²) in [4.78, 5) is 20.7.